The molecule has 0 unspecified atom stereocenters. The molecule has 1 aromatic carbocycles. The van der Waals surface area contributed by atoms with Crippen LogP contribution in [-0.2, 0) is 9.53 Å². The number of carbonyl (C=O) groups excluding carboxylic acids is 2. The second kappa shape index (κ2) is 12.4. The largest absolute Gasteiger partial charge is 0.382 e. The first-order chi connectivity index (χ1) is 15.6. The van der Waals surface area contributed by atoms with E-state index in [0.29, 0.717) is 50.8 Å². The lowest BCUT2D eigenvalue weighted by Gasteiger charge is -2.36. The second-order valence-corrected chi connectivity index (χ2v) is 7.97. The summed E-state index contributed by atoms with van der Waals surface area (Å²) in [4.78, 5) is 39.6. The van der Waals surface area contributed by atoms with E-state index in [0.717, 1.165) is 18.8 Å². The Balaban J connectivity index is 1.52. The fourth-order valence-electron chi connectivity index (χ4n) is 3.66. The van der Waals surface area contributed by atoms with Gasteiger partial charge >= 0.3 is 0 Å². The van der Waals surface area contributed by atoms with Crippen LogP contribution < -0.4 is 4.90 Å². The van der Waals surface area contributed by atoms with Crippen molar-refractivity contribution >= 4 is 29.1 Å². The van der Waals surface area contributed by atoms with E-state index in [2.05, 4.69) is 14.9 Å². The number of amides is 2. The molecule has 3 rings (SSSR count). The summed E-state index contributed by atoms with van der Waals surface area (Å²) in [7, 11) is 0. The van der Waals surface area contributed by atoms with Crippen LogP contribution in [0.4, 0.5) is 5.69 Å². The Labute approximate surface area is 194 Å². The summed E-state index contributed by atoms with van der Waals surface area (Å²) < 4.78 is 5.39. The van der Waals surface area contributed by atoms with E-state index in [1.165, 1.54) is 18.6 Å². The molecule has 1 aliphatic heterocycles. The maximum Gasteiger partial charge on any atom is 0.274 e. The topological polar surface area (TPSA) is 78.9 Å². The third-order valence-electron chi connectivity index (χ3n) is 5.39. The molecule has 0 radical (unpaired) electrons. The first-order valence-electron chi connectivity index (χ1n) is 11.0. The van der Waals surface area contributed by atoms with Gasteiger partial charge in [-0.2, -0.15) is 0 Å². The van der Waals surface area contributed by atoms with Crippen LogP contribution in [0.15, 0.2) is 42.9 Å². The second-order valence-electron chi connectivity index (χ2n) is 7.53. The zero-order valence-corrected chi connectivity index (χ0v) is 19.2. The van der Waals surface area contributed by atoms with Crippen molar-refractivity contribution in [1.29, 1.82) is 0 Å². The van der Waals surface area contributed by atoms with Crippen LogP contribution in [0.3, 0.4) is 0 Å². The number of aromatic nitrogens is 2. The molecule has 1 aromatic heterocycles. The van der Waals surface area contributed by atoms with Crippen LogP contribution in [0, 0.1) is 0 Å². The lowest BCUT2D eigenvalue weighted by Crippen LogP contribution is -2.49. The smallest absolute Gasteiger partial charge is 0.274 e. The third-order valence-corrected chi connectivity index (χ3v) is 5.63. The average Bonchev–Trinajstić information content (AvgIpc) is 2.83. The Hall–Kier alpha value is -2.71. The normalized spacial score (nSPS) is 13.8. The van der Waals surface area contributed by atoms with Crippen molar-refractivity contribution in [1.82, 2.24) is 19.8 Å². The molecule has 8 nitrogen and oxygen atoms in total. The molecule has 2 amide bonds. The summed E-state index contributed by atoms with van der Waals surface area (Å²) in [5.74, 6) is -0.161. The zero-order chi connectivity index (χ0) is 22.8. The van der Waals surface area contributed by atoms with E-state index in [1.807, 2.05) is 36.1 Å². The Morgan fingerprint density at radius 2 is 1.97 bits per heavy atom. The Morgan fingerprint density at radius 1 is 1.16 bits per heavy atom. The van der Waals surface area contributed by atoms with Crippen LogP contribution >= 0.6 is 11.6 Å². The van der Waals surface area contributed by atoms with Crippen LogP contribution in [0.5, 0.6) is 0 Å². The first kappa shape index (κ1) is 23.9. The fraction of sp³-hybridized carbons (Fsp3) is 0.478. The predicted molar refractivity (Wildman–Crippen MR) is 124 cm³/mol. The minimum atomic E-state index is -0.215. The van der Waals surface area contributed by atoms with Crippen LogP contribution in [0.2, 0.25) is 5.02 Å². The fourth-order valence-corrected chi connectivity index (χ4v) is 3.85. The summed E-state index contributed by atoms with van der Waals surface area (Å²) in [5.41, 5.74) is 1.35. The molecule has 2 heterocycles. The molecular formula is C23H30ClN5O3. The van der Waals surface area contributed by atoms with Gasteiger partial charge in [0.1, 0.15) is 5.69 Å². The molecule has 0 aliphatic carbocycles. The number of hydrogen-bond acceptors (Lipinski definition) is 6. The van der Waals surface area contributed by atoms with Crippen molar-refractivity contribution in [3.05, 3.63) is 53.6 Å². The van der Waals surface area contributed by atoms with E-state index < -0.39 is 0 Å². The van der Waals surface area contributed by atoms with Gasteiger partial charge in [-0.25, -0.2) is 4.98 Å². The van der Waals surface area contributed by atoms with Gasteiger partial charge < -0.3 is 19.4 Å². The number of hydrogen-bond donors (Lipinski definition) is 0. The van der Waals surface area contributed by atoms with Gasteiger partial charge in [-0.1, -0.05) is 17.7 Å². The van der Waals surface area contributed by atoms with Crippen LogP contribution in [0.25, 0.3) is 0 Å². The number of nitrogens with zero attached hydrogens (tertiary/aromatic N) is 5. The summed E-state index contributed by atoms with van der Waals surface area (Å²) in [5, 5.41) is 0.707. The summed E-state index contributed by atoms with van der Waals surface area (Å²) >= 11 is 6.10. The highest BCUT2D eigenvalue weighted by molar-refractivity contribution is 6.30. The van der Waals surface area contributed by atoms with Crippen molar-refractivity contribution in [3.63, 3.8) is 0 Å². The molecule has 1 aliphatic rings. The average molecular weight is 460 g/mol. The molecule has 0 N–H and O–H groups in total. The van der Waals surface area contributed by atoms with E-state index >= 15 is 0 Å². The van der Waals surface area contributed by atoms with Crippen molar-refractivity contribution in [2.45, 2.75) is 19.8 Å². The molecule has 0 atom stereocenters. The SMILES string of the molecule is CCOCCCN(CCC(=O)N1CCN(c2cccc(Cl)c2)CC1)C(=O)c1cnccn1. The van der Waals surface area contributed by atoms with Gasteiger partial charge in [0.2, 0.25) is 5.91 Å². The summed E-state index contributed by atoms with van der Waals surface area (Å²) in [6.07, 6.45) is 5.46. The van der Waals surface area contributed by atoms with Gasteiger partial charge in [0.15, 0.2) is 0 Å². The lowest BCUT2D eigenvalue weighted by atomic mass is 10.2. The Morgan fingerprint density at radius 3 is 2.66 bits per heavy atom. The van der Waals surface area contributed by atoms with Gasteiger partial charge in [-0.15, -0.1) is 0 Å². The van der Waals surface area contributed by atoms with E-state index in [-0.39, 0.29) is 23.9 Å². The minimum absolute atomic E-state index is 0.0532. The number of rotatable bonds is 10. The number of anilines is 1. The maximum atomic E-state index is 12.9. The Kier molecular flexibility index (Phi) is 9.25. The first-order valence-corrected chi connectivity index (χ1v) is 11.4. The van der Waals surface area contributed by atoms with Gasteiger partial charge in [0.25, 0.3) is 5.91 Å². The molecule has 0 saturated carbocycles. The lowest BCUT2D eigenvalue weighted by molar-refractivity contribution is -0.131. The molecule has 172 valence electrons. The molecule has 32 heavy (non-hydrogen) atoms. The van der Waals surface area contributed by atoms with E-state index in [9.17, 15) is 9.59 Å². The number of piperazine rings is 1. The molecule has 0 bridgehead atoms. The van der Waals surface area contributed by atoms with Crippen molar-refractivity contribution in [3.8, 4) is 0 Å². The third kappa shape index (κ3) is 6.90. The maximum absolute atomic E-state index is 12.9. The molecule has 1 fully saturated rings. The highest BCUT2D eigenvalue weighted by Gasteiger charge is 2.23. The number of benzene rings is 1. The summed E-state index contributed by atoms with van der Waals surface area (Å²) in [6, 6.07) is 7.76. The van der Waals surface area contributed by atoms with Crippen molar-refractivity contribution in [2.24, 2.45) is 0 Å². The number of halogens is 1. The molecular weight excluding hydrogens is 430 g/mol. The highest BCUT2D eigenvalue weighted by Crippen LogP contribution is 2.21. The Bertz CT molecular complexity index is 875. The van der Waals surface area contributed by atoms with Crippen molar-refractivity contribution in [2.75, 3.05) is 57.4 Å². The number of ether oxygens (including phenoxy) is 1. The quantitative estimate of drug-likeness (QED) is 0.508. The van der Waals surface area contributed by atoms with Gasteiger partial charge in [0.05, 0.1) is 6.20 Å². The van der Waals surface area contributed by atoms with Gasteiger partial charge in [-0.3, -0.25) is 14.6 Å². The molecule has 2 aromatic rings. The number of carbonyl (C=O) groups is 2. The van der Waals surface area contributed by atoms with E-state index in [4.69, 9.17) is 16.3 Å². The molecule has 0 spiro atoms. The van der Waals surface area contributed by atoms with Crippen LogP contribution in [0.1, 0.15) is 30.3 Å². The van der Waals surface area contributed by atoms with E-state index in [1.54, 1.807) is 4.90 Å². The monoisotopic (exact) mass is 459 g/mol. The van der Waals surface area contributed by atoms with Crippen LogP contribution in [-0.4, -0.2) is 84.1 Å². The summed E-state index contributed by atoms with van der Waals surface area (Å²) in [6.45, 7) is 6.79. The molecule has 1 saturated heterocycles. The predicted octanol–water partition coefficient (Wildman–Crippen LogP) is 2.74. The van der Waals surface area contributed by atoms with Gasteiger partial charge in [-0.05, 0) is 31.5 Å². The minimum Gasteiger partial charge on any atom is -0.382 e. The highest BCUT2D eigenvalue weighted by atomic mass is 35.5. The van der Waals surface area contributed by atoms with Crippen molar-refractivity contribution < 1.29 is 14.3 Å². The zero-order valence-electron chi connectivity index (χ0n) is 18.5. The molecule has 9 heteroatoms. The standard InChI is InChI=1S/C23H30ClN5O3/c1-2-32-16-4-10-29(23(31)21-18-25-8-9-26-21)11-7-22(30)28-14-12-27(13-15-28)20-6-3-5-19(24)17-20/h3,5-6,8-9,17-18H,2,4,7,10-16H2,1H3. The van der Waals surface area contributed by atoms with Gasteiger partial charge in [0, 0.05) is 82.0 Å².